The molecule has 98 valence electrons. The van der Waals surface area contributed by atoms with E-state index in [0.717, 1.165) is 18.8 Å². The molecular weight excluding hydrogens is 262 g/mol. The molecule has 2 rings (SSSR count). The van der Waals surface area contributed by atoms with Crippen LogP contribution in [0.2, 0.25) is 5.02 Å². The second-order valence-electron chi connectivity index (χ2n) is 3.93. The summed E-state index contributed by atoms with van der Waals surface area (Å²) >= 11 is 5.95. The zero-order chi connectivity index (χ0) is 13.8. The fourth-order valence-electron chi connectivity index (χ4n) is 1.82. The van der Waals surface area contributed by atoms with E-state index in [1.54, 1.807) is 12.1 Å². The fourth-order valence-corrected chi connectivity index (χ4v) is 2.01. The Morgan fingerprint density at radius 2 is 2.05 bits per heavy atom. The molecule has 0 N–H and O–H groups in total. The Balaban J connectivity index is 2.47. The Bertz CT molecular complexity index is 610. The number of nitrogens with zero attached hydrogens (tertiary/aromatic N) is 5. The Morgan fingerprint density at radius 1 is 1.32 bits per heavy atom. The van der Waals surface area contributed by atoms with Crippen molar-refractivity contribution < 1.29 is 0 Å². The largest absolute Gasteiger partial charge is 0.353 e. The van der Waals surface area contributed by atoms with E-state index in [-0.39, 0.29) is 0 Å². The van der Waals surface area contributed by atoms with Crippen molar-refractivity contribution in [2.45, 2.75) is 13.8 Å². The van der Waals surface area contributed by atoms with Gasteiger partial charge in [-0.2, -0.15) is 5.26 Å². The minimum absolute atomic E-state index is 0.323. The van der Waals surface area contributed by atoms with E-state index in [2.05, 4.69) is 16.3 Å². The first-order chi connectivity index (χ1) is 9.19. The Labute approximate surface area is 117 Å². The highest BCUT2D eigenvalue weighted by Gasteiger charge is 2.16. The molecular formula is C13H14ClN5. The van der Waals surface area contributed by atoms with Gasteiger partial charge < -0.3 is 4.90 Å². The summed E-state index contributed by atoms with van der Waals surface area (Å²) in [6, 6.07) is 9.29. The minimum Gasteiger partial charge on any atom is -0.353 e. The van der Waals surface area contributed by atoms with Crippen LogP contribution in [0.1, 0.15) is 19.5 Å². The molecule has 5 nitrogen and oxygen atoms in total. The second kappa shape index (κ2) is 5.72. The third-order valence-corrected chi connectivity index (χ3v) is 3.04. The third kappa shape index (κ3) is 2.69. The van der Waals surface area contributed by atoms with E-state index in [1.807, 2.05) is 30.9 Å². The van der Waals surface area contributed by atoms with E-state index in [9.17, 15) is 0 Å². The number of benzene rings is 1. The summed E-state index contributed by atoms with van der Waals surface area (Å²) in [6.07, 6.45) is 0. The van der Waals surface area contributed by atoms with Crippen molar-refractivity contribution in [3.63, 3.8) is 0 Å². The fraction of sp³-hybridized carbons (Fsp3) is 0.308. The number of aromatic nitrogens is 3. The normalized spacial score (nSPS) is 10.2. The highest BCUT2D eigenvalue weighted by atomic mass is 35.5. The molecule has 1 aromatic carbocycles. The van der Waals surface area contributed by atoms with Crippen LogP contribution >= 0.6 is 11.6 Å². The van der Waals surface area contributed by atoms with Crippen molar-refractivity contribution in [3.05, 3.63) is 35.0 Å². The van der Waals surface area contributed by atoms with Gasteiger partial charge in [-0.05, 0) is 32.0 Å². The van der Waals surface area contributed by atoms with Crippen molar-refractivity contribution in [2.24, 2.45) is 0 Å². The number of rotatable bonds is 4. The zero-order valence-corrected chi connectivity index (χ0v) is 11.6. The maximum Gasteiger partial charge on any atom is 0.207 e. The Morgan fingerprint density at radius 3 is 2.63 bits per heavy atom. The predicted octanol–water partition coefficient (Wildman–Crippen LogP) is 2.64. The maximum absolute atomic E-state index is 9.15. The smallest absolute Gasteiger partial charge is 0.207 e. The average molecular weight is 276 g/mol. The molecule has 0 aliphatic rings. The number of hydrogen-bond acceptors (Lipinski definition) is 4. The highest BCUT2D eigenvalue weighted by molar-refractivity contribution is 6.30. The van der Waals surface area contributed by atoms with Crippen LogP contribution < -0.4 is 4.90 Å². The minimum atomic E-state index is 0.323. The van der Waals surface area contributed by atoms with Crippen LogP contribution in [-0.2, 0) is 0 Å². The van der Waals surface area contributed by atoms with Gasteiger partial charge in [-0.1, -0.05) is 17.7 Å². The molecule has 2 aromatic rings. The van der Waals surface area contributed by atoms with Crippen molar-refractivity contribution >= 4 is 17.4 Å². The maximum atomic E-state index is 9.15. The van der Waals surface area contributed by atoms with Gasteiger partial charge in [0, 0.05) is 18.1 Å². The van der Waals surface area contributed by atoms with Crippen LogP contribution in [0.3, 0.4) is 0 Å². The molecule has 0 unspecified atom stereocenters. The standard InChI is InChI=1S/C13H14ClN5/c1-3-18(4-2)13-12(9-15)16-19(17-13)11-7-5-6-10(14)8-11/h5-8H,3-4H2,1-2H3. The molecule has 0 saturated heterocycles. The number of hydrogen-bond donors (Lipinski definition) is 0. The molecule has 0 saturated carbocycles. The first-order valence-corrected chi connectivity index (χ1v) is 6.45. The SMILES string of the molecule is CCN(CC)c1nn(-c2cccc(Cl)c2)nc1C#N. The van der Waals surface area contributed by atoms with Crippen LogP contribution in [0.25, 0.3) is 5.69 Å². The van der Waals surface area contributed by atoms with E-state index in [4.69, 9.17) is 16.9 Å². The monoisotopic (exact) mass is 275 g/mol. The number of anilines is 1. The third-order valence-electron chi connectivity index (χ3n) is 2.80. The van der Waals surface area contributed by atoms with Crippen LogP contribution in [0, 0.1) is 11.3 Å². The van der Waals surface area contributed by atoms with E-state index in [1.165, 1.54) is 4.80 Å². The first kappa shape index (κ1) is 13.4. The van der Waals surface area contributed by atoms with Gasteiger partial charge in [0.05, 0.1) is 5.69 Å². The summed E-state index contributed by atoms with van der Waals surface area (Å²) < 4.78 is 0. The van der Waals surface area contributed by atoms with Crippen LogP contribution in [0.4, 0.5) is 5.82 Å². The molecule has 0 aliphatic carbocycles. The lowest BCUT2D eigenvalue weighted by molar-refractivity contribution is 0.738. The molecule has 0 fully saturated rings. The molecule has 1 heterocycles. The van der Waals surface area contributed by atoms with Crippen LogP contribution in [0.5, 0.6) is 0 Å². The molecule has 0 atom stereocenters. The molecule has 0 amide bonds. The van der Waals surface area contributed by atoms with Gasteiger partial charge in [0.15, 0.2) is 5.82 Å². The number of nitriles is 1. The summed E-state index contributed by atoms with van der Waals surface area (Å²) in [5, 5.41) is 18.3. The highest BCUT2D eigenvalue weighted by Crippen LogP contribution is 2.18. The van der Waals surface area contributed by atoms with Gasteiger partial charge in [0.2, 0.25) is 5.69 Å². The lowest BCUT2D eigenvalue weighted by atomic mass is 10.3. The van der Waals surface area contributed by atoms with Crippen molar-refractivity contribution in [1.82, 2.24) is 15.0 Å². The van der Waals surface area contributed by atoms with E-state index < -0.39 is 0 Å². The van der Waals surface area contributed by atoms with Crippen LogP contribution in [0.15, 0.2) is 24.3 Å². The molecule has 0 radical (unpaired) electrons. The summed E-state index contributed by atoms with van der Waals surface area (Å²) in [4.78, 5) is 3.44. The van der Waals surface area contributed by atoms with Gasteiger partial charge in [0.1, 0.15) is 6.07 Å². The van der Waals surface area contributed by atoms with Gasteiger partial charge in [-0.25, -0.2) is 0 Å². The quantitative estimate of drug-likeness (QED) is 0.861. The van der Waals surface area contributed by atoms with Gasteiger partial charge in [-0.15, -0.1) is 15.0 Å². The van der Waals surface area contributed by atoms with E-state index in [0.29, 0.717) is 16.5 Å². The van der Waals surface area contributed by atoms with E-state index >= 15 is 0 Å². The number of halogens is 1. The Kier molecular flexibility index (Phi) is 4.03. The summed E-state index contributed by atoms with van der Waals surface area (Å²) in [7, 11) is 0. The van der Waals surface area contributed by atoms with Crippen molar-refractivity contribution in [2.75, 3.05) is 18.0 Å². The first-order valence-electron chi connectivity index (χ1n) is 6.08. The predicted molar refractivity (Wildman–Crippen MR) is 74.6 cm³/mol. The Hall–Kier alpha value is -2.06. The second-order valence-corrected chi connectivity index (χ2v) is 4.36. The van der Waals surface area contributed by atoms with Crippen molar-refractivity contribution in [1.29, 1.82) is 5.26 Å². The van der Waals surface area contributed by atoms with Crippen molar-refractivity contribution in [3.8, 4) is 11.8 Å². The van der Waals surface area contributed by atoms with Gasteiger partial charge >= 0.3 is 0 Å². The van der Waals surface area contributed by atoms with Gasteiger partial charge in [0.25, 0.3) is 0 Å². The average Bonchev–Trinajstić information content (AvgIpc) is 2.84. The molecule has 6 heteroatoms. The lowest BCUT2D eigenvalue weighted by Gasteiger charge is -2.16. The molecule has 1 aromatic heterocycles. The molecule has 0 aliphatic heterocycles. The molecule has 19 heavy (non-hydrogen) atoms. The summed E-state index contributed by atoms with van der Waals surface area (Å²) in [5.74, 6) is 0.604. The van der Waals surface area contributed by atoms with Crippen LogP contribution in [-0.4, -0.2) is 28.1 Å². The van der Waals surface area contributed by atoms with Gasteiger partial charge in [-0.3, -0.25) is 0 Å². The lowest BCUT2D eigenvalue weighted by Crippen LogP contribution is -2.23. The summed E-state index contributed by atoms with van der Waals surface area (Å²) in [6.45, 7) is 5.59. The topological polar surface area (TPSA) is 57.7 Å². The molecule has 0 spiro atoms. The zero-order valence-electron chi connectivity index (χ0n) is 10.8. The molecule has 0 bridgehead atoms. The summed E-state index contributed by atoms with van der Waals surface area (Å²) in [5.41, 5.74) is 1.06.